The maximum atomic E-state index is 13.0. The van der Waals surface area contributed by atoms with Crippen LogP contribution in [0.3, 0.4) is 0 Å². The molecule has 4 aromatic rings. The zero-order valence-electron chi connectivity index (χ0n) is 18.5. The maximum Gasteiger partial charge on any atom is 0.337 e. The average Bonchev–Trinajstić information content (AvgIpc) is 2.79. The number of anilines is 1. The molecule has 0 spiro atoms. The number of para-hydroxylation sites is 1. The Morgan fingerprint density at radius 2 is 1.70 bits per heavy atom. The molecule has 0 fully saturated rings. The number of hydrogen-bond donors (Lipinski definition) is 2. The van der Waals surface area contributed by atoms with Gasteiger partial charge in [0.25, 0.3) is 0 Å². The van der Waals surface area contributed by atoms with Crippen LogP contribution in [-0.2, 0) is 0 Å². The fraction of sp³-hybridized carbons (Fsp3) is 0.148. The summed E-state index contributed by atoms with van der Waals surface area (Å²) in [5, 5.41) is 13.2. The van der Waals surface area contributed by atoms with E-state index in [9.17, 15) is 19.5 Å². The average molecular weight is 441 g/mol. The zero-order valence-corrected chi connectivity index (χ0v) is 18.5. The van der Waals surface area contributed by atoms with Crippen molar-refractivity contribution in [2.75, 3.05) is 5.32 Å². The van der Waals surface area contributed by atoms with Gasteiger partial charge < -0.3 is 14.8 Å². The van der Waals surface area contributed by atoms with E-state index in [0.29, 0.717) is 33.5 Å². The molecule has 0 aliphatic carbocycles. The molecule has 0 saturated heterocycles. The maximum absolute atomic E-state index is 13.0. The minimum Gasteiger partial charge on any atom is -0.478 e. The van der Waals surface area contributed by atoms with Crippen LogP contribution in [0.25, 0.3) is 22.3 Å². The Hall–Kier alpha value is -4.19. The fourth-order valence-electron chi connectivity index (χ4n) is 3.87. The second-order valence-electron chi connectivity index (χ2n) is 8.06. The van der Waals surface area contributed by atoms with E-state index in [0.717, 1.165) is 11.1 Å². The minimum atomic E-state index is -1.03. The van der Waals surface area contributed by atoms with Crippen LogP contribution in [0.5, 0.6) is 0 Å². The van der Waals surface area contributed by atoms with E-state index in [4.69, 9.17) is 4.42 Å². The first-order valence-electron chi connectivity index (χ1n) is 10.5. The van der Waals surface area contributed by atoms with E-state index in [1.165, 1.54) is 19.1 Å². The van der Waals surface area contributed by atoms with Crippen molar-refractivity contribution in [3.8, 4) is 11.3 Å². The molecule has 6 nitrogen and oxygen atoms in total. The SMILES string of the molecule is CC(=O)c1ccc(-c2cc(=O)c3cc(C)cc(C(C)Nc4ccccc4C(=O)O)c3o2)cc1. The molecule has 0 radical (unpaired) electrons. The number of rotatable bonds is 6. The van der Waals surface area contributed by atoms with Gasteiger partial charge in [0.1, 0.15) is 11.3 Å². The molecule has 3 aromatic carbocycles. The highest BCUT2D eigenvalue weighted by Gasteiger charge is 2.18. The summed E-state index contributed by atoms with van der Waals surface area (Å²) in [6.07, 6.45) is 0. The number of carboxylic acid groups (broad SMARTS) is 1. The lowest BCUT2D eigenvalue weighted by Crippen LogP contribution is -2.12. The van der Waals surface area contributed by atoms with Gasteiger partial charge in [-0.15, -0.1) is 0 Å². The molecule has 33 heavy (non-hydrogen) atoms. The fourth-order valence-corrected chi connectivity index (χ4v) is 3.87. The number of aromatic carboxylic acids is 1. The van der Waals surface area contributed by atoms with Crippen LogP contribution in [0.2, 0.25) is 0 Å². The number of hydrogen-bond acceptors (Lipinski definition) is 5. The van der Waals surface area contributed by atoms with Crippen molar-refractivity contribution in [3.63, 3.8) is 0 Å². The molecule has 166 valence electrons. The molecular weight excluding hydrogens is 418 g/mol. The van der Waals surface area contributed by atoms with E-state index in [1.54, 1.807) is 48.5 Å². The number of carbonyl (C=O) groups is 2. The molecular formula is C27H23NO5. The van der Waals surface area contributed by atoms with Crippen molar-refractivity contribution in [3.05, 3.63) is 99.2 Å². The Morgan fingerprint density at radius 3 is 2.36 bits per heavy atom. The van der Waals surface area contributed by atoms with Crippen LogP contribution in [0, 0.1) is 6.92 Å². The monoisotopic (exact) mass is 441 g/mol. The number of aryl methyl sites for hydroxylation is 1. The minimum absolute atomic E-state index is 0.0409. The third-order valence-corrected chi connectivity index (χ3v) is 5.57. The number of nitrogens with one attached hydrogen (secondary N) is 1. The standard InChI is InChI=1S/C27H23NO5/c1-15-12-21(16(2)28-23-7-5-4-6-20(23)27(31)32)26-22(13-15)24(30)14-25(33-26)19-10-8-18(9-11-19)17(3)29/h4-14,16,28H,1-3H3,(H,31,32). The number of benzene rings is 3. The van der Waals surface area contributed by atoms with Crippen LogP contribution in [0.4, 0.5) is 5.69 Å². The first kappa shape index (κ1) is 22.0. The van der Waals surface area contributed by atoms with Crippen molar-refractivity contribution < 1.29 is 19.1 Å². The molecule has 0 amide bonds. The number of Topliss-reactive ketones (excluding diaryl/α,β-unsaturated/α-hetero) is 1. The van der Waals surface area contributed by atoms with Gasteiger partial charge in [0.2, 0.25) is 0 Å². The van der Waals surface area contributed by atoms with Gasteiger partial charge >= 0.3 is 5.97 Å². The van der Waals surface area contributed by atoms with Gasteiger partial charge in [-0.25, -0.2) is 4.79 Å². The van der Waals surface area contributed by atoms with Gasteiger partial charge in [-0.05, 0) is 44.5 Å². The molecule has 1 atom stereocenters. The Labute approximate surface area is 190 Å². The third-order valence-electron chi connectivity index (χ3n) is 5.57. The summed E-state index contributed by atoms with van der Waals surface area (Å²) in [6, 6.07) is 18.4. The summed E-state index contributed by atoms with van der Waals surface area (Å²) >= 11 is 0. The topological polar surface area (TPSA) is 96.6 Å². The molecule has 2 N–H and O–H groups in total. The van der Waals surface area contributed by atoms with Crippen LogP contribution in [-0.4, -0.2) is 16.9 Å². The van der Waals surface area contributed by atoms with Crippen molar-refractivity contribution in [2.24, 2.45) is 0 Å². The highest BCUT2D eigenvalue weighted by Crippen LogP contribution is 2.31. The van der Waals surface area contributed by atoms with E-state index >= 15 is 0 Å². The molecule has 0 aliphatic rings. The lowest BCUT2D eigenvalue weighted by Gasteiger charge is -2.19. The van der Waals surface area contributed by atoms with Crippen molar-refractivity contribution in [1.82, 2.24) is 0 Å². The summed E-state index contributed by atoms with van der Waals surface area (Å²) in [5.74, 6) is -0.672. The van der Waals surface area contributed by atoms with Crippen LogP contribution in [0.15, 0.2) is 75.9 Å². The summed E-state index contributed by atoms with van der Waals surface area (Å²) in [7, 11) is 0. The Balaban J connectivity index is 1.82. The molecule has 6 heteroatoms. The van der Waals surface area contributed by atoms with Gasteiger partial charge in [-0.2, -0.15) is 0 Å². The van der Waals surface area contributed by atoms with E-state index < -0.39 is 5.97 Å². The summed E-state index contributed by atoms with van der Waals surface area (Å²) in [4.78, 5) is 36.1. The molecule has 0 saturated carbocycles. The molecule has 0 aliphatic heterocycles. The normalized spacial score (nSPS) is 11.8. The molecule has 0 bridgehead atoms. The zero-order chi connectivity index (χ0) is 23.7. The van der Waals surface area contributed by atoms with Crippen molar-refractivity contribution in [1.29, 1.82) is 0 Å². The Kier molecular flexibility index (Phi) is 5.84. The number of ketones is 1. The van der Waals surface area contributed by atoms with Crippen LogP contribution in [0.1, 0.15) is 51.7 Å². The third kappa shape index (κ3) is 4.41. The summed E-state index contributed by atoms with van der Waals surface area (Å²) < 4.78 is 6.21. The second kappa shape index (κ2) is 8.74. The van der Waals surface area contributed by atoms with Crippen LogP contribution >= 0.6 is 0 Å². The lowest BCUT2D eigenvalue weighted by atomic mass is 10.00. The molecule has 1 unspecified atom stereocenters. The lowest BCUT2D eigenvalue weighted by molar-refractivity contribution is 0.0697. The predicted molar refractivity (Wildman–Crippen MR) is 128 cm³/mol. The quantitative estimate of drug-likeness (QED) is 0.365. The highest BCUT2D eigenvalue weighted by atomic mass is 16.4. The molecule has 1 aromatic heterocycles. The van der Waals surface area contributed by atoms with Crippen molar-refractivity contribution >= 4 is 28.4 Å². The van der Waals surface area contributed by atoms with Gasteiger partial charge in [0.05, 0.1) is 17.0 Å². The Morgan fingerprint density at radius 1 is 1.00 bits per heavy atom. The number of carboxylic acids is 1. The largest absolute Gasteiger partial charge is 0.478 e. The van der Waals surface area contributed by atoms with Crippen molar-refractivity contribution in [2.45, 2.75) is 26.8 Å². The number of carbonyl (C=O) groups excluding carboxylic acids is 1. The smallest absolute Gasteiger partial charge is 0.337 e. The van der Waals surface area contributed by atoms with E-state index in [2.05, 4.69) is 5.32 Å². The van der Waals surface area contributed by atoms with E-state index in [-0.39, 0.29) is 22.8 Å². The van der Waals surface area contributed by atoms with Gasteiger partial charge in [0, 0.05) is 28.4 Å². The Bertz CT molecular complexity index is 1430. The highest BCUT2D eigenvalue weighted by molar-refractivity contribution is 5.95. The predicted octanol–water partition coefficient (Wildman–Crippen LogP) is 5.84. The first-order valence-corrected chi connectivity index (χ1v) is 10.5. The molecule has 1 heterocycles. The summed E-state index contributed by atoms with van der Waals surface area (Å²) in [6.45, 7) is 5.28. The molecule has 4 rings (SSSR count). The second-order valence-corrected chi connectivity index (χ2v) is 8.06. The summed E-state index contributed by atoms with van der Waals surface area (Å²) in [5.41, 5.74) is 3.79. The first-order chi connectivity index (χ1) is 15.7. The van der Waals surface area contributed by atoms with Gasteiger partial charge in [-0.3, -0.25) is 9.59 Å². The van der Waals surface area contributed by atoms with E-state index in [1.807, 2.05) is 19.9 Å². The van der Waals surface area contributed by atoms with Gasteiger partial charge in [0.15, 0.2) is 11.2 Å². The number of fused-ring (bicyclic) bond motifs is 1. The van der Waals surface area contributed by atoms with Gasteiger partial charge in [-0.1, -0.05) is 42.5 Å². The van der Waals surface area contributed by atoms with Crippen LogP contribution < -0.4 is 10.7 Å².